The molecule has 0 fully saturated rings. The Morgan fingerprint density at radius 1 is 1.47 bits per heavy atom. The van der Waals surface area contributed by atoms with Crippen molar-refractivity contribution in [3.8, 4) is 5.75 Å². The number of ether oxygens (including phenoxy) is 2. The molecule has 0 aliphatic rings. The molecule has 4 nitrogen and oxygen atoms in total. The van der Waals surface area contributed by atoms with Gasteiger partial charge in [-0.1, -0.05) is 26.3 Å². The molecular formula is C13H19NO3. The van der Waals surface area contributed by atoms with Gasteiger partial charge in [-0.15, -0.1) is 0 Å². The fourth-order valence-electron chi connectivity index (χ4n) is 1.34. The van der Waals surface area contributed by atoms with Gasteiger partial charge in [-0.05, 0) is 18.1 Å². The molecule has 0 radical (unpaired) electrons. The molecule has 1 unspecified atom stereocenters. The summed E-state index contributed by atoms with van der Waals surface area (Å²) in [6, 6.07) is 5.14. The van der Waals surface area contributed by atoms with Crippen LogP contribution < -0.4 is 10.5 Å². The van der Waals surface area contributed by atoms with E-state index in [0.29, 0.717) is 29.5 Å². The predicted molar refractivity (Wildman–Crippen MR) is 67.1 cm³/mol. The minimum absolute atomic E-state index is 0.304. The van der Waals surface area contributed by atoms with E-state index in [2.05, 4.69) is 13.8 Å². The van der Waals surface area contributed by atoms with Crippen LogP contribution in [0.25, 0.3) is 0 Å². The number of nitrogens with two attached hydrogens (primary N) is 1. The lowest BCUT2D eigenvalue weighted by Gasteiger charge is -2.14. The molecule has 0 spiro atoms. The molecule has 0 saturated heterocycles. The van der Waals surface area contributed by atoms with Crippen molar-refractivity contribution in [2.75, 3.05) is 19.5 Å². The Bertz CT molecular complexity index is 390. The molecule has 1 atom stereocenters. The highest BCUT2D eigenvalue weighted by atomic mass is 16.5. The maximum absolute atomic E-state index is 11.6. The second-order valence-corrected chi connectivity index (χ2v) is 4.04. The predicted octanol–water partition coefficient (Wildman–Crippen LogP) is 2.48. The van der Waals surface area contributed by atoms with Crippen molar-refractivity contribution in [3.05, 3.63) is 23.8 Å². The highest BCUT2D eigenvalue weighted by Crippen LogP contribution is 2.25. The Morgan fingerprint density at radius 3 is 2.76 bits per heavy atom. The summed E-state index contributed by atoms with van der Waals surface area (Å²) in [6.07, 6.45) is 1.02. The van der Waals surface area contributed by atoms with Crippen molar-refractivity contribution in [2.45, 2.75) is 20.3 Å². The Morgan fingerprint density at radius 2 is 2.18 bits per heavy atom. The molecule has 0 amide bonds. The van der Waals surface area contributed by atoms with Gasteiger partial charge in [-0.25, -0.2) is 4.79 Å². The maximum Gasteiger partial charge on any atom is 0.343 e. The molecule has 0 bridgehead atoms. The van der Waals surface area contributed by atoms with Gasteiger partial charge in [-0.3, -0.25) is 0 Å². The van der Waals surface area contributed by atoms with Crippen molar-refractivity contribution < 1.29 is 14.3 Å². The average molecular weight is 237 g/mol. The first-order valence-corrected chi connectivity index (χ1v) is 5.69. The minimum Gasteiger partial charge on any atom is -0.492 e. The number of benzene rings is 1. The number of nitrogen functional groups attached to an aromatic ring is 1. The standard InChI is InChI=1S/C13H19NO3/c1-4-9(2)8-17-11-7-5-6-10(14)12(11)13(15)16-3/h5-7,9H,4,8,14H2,1-3H3. The van der Waals surface area contributed by atoms with Gasteiger partial charge in [0.25, 0.3) is 0 Å². The van der Waals surface area contributed by atoms with Crippen molar-refractivity contribution in [1.29, 1.82) is 0 Å². The van der Waals surface area contributed by atoms with E-state index in [1.54, 1.807) is 18.2 Å². The second-order valence-electron chi connectivity index (χ2n) is 4.04. The third-order valence-electron chi connectivity index (χ3n) is 2.67. The van der Waals surface area contributed by atoms with E-state index in [-0.39, 0.29) is 0 Å². The van der Waals surface area contributed by atoms with Gasteiger partial charge in [0.2, 0.25) is 0 Å². The zero-order valence-electron chi connectivity index (χ0n) is 10.5. The van der Waals surface area contributed by atoms with E-state index < -0.39 is 5.97 Å². The number of hydrogen-bond acceptors (Lipinski definition) is 4. The van der Waals surface area contributed by atoms with Crippen LogP contribution >= 0.6 is 0 Å². The van der Waals surface area contributed by atoms with E-state index in [1.807, 2.05) is 0 Å². The first kappa shape index (κ1) is 13.4. The molecular weight excluding hydrogens is 218 g/mol. The van der Waals surface area contributed by atoms with Crippen molar-refractivity contribution in [2.24, 2.45) is 5.92 Å². The van der Waals surface area contributed by atoms with Gasteiger partial charge in [0.1, 0.15) is 11.3 Å². The molecule has 0 heterocycles. The Kier molecular flexibility index (Phi) is 4.82. The summed E-state index contributed by atoms with van der Waals surface area (Å²) in [5, 5.41) is 0. The summed E-state index contributed by atoms with van der Waals surface area (Å²) in [7, 11) is 1.33. The molecule has 0 aliphatic carbocycles. The van der Waals surface area contributed by atoms with Gasteiger partial charge in [-0.2, -0.15) is 0 Å². The quantitative estimate of drug-likeness (QED) is 0.631. The summed E-state index contributed by atoms with van der Waals surface area (Å²) in [4.78, 5) is 11.6. The largest absolute Gasteiger partial charge is 0.492 e. The van der Waals surface area contributed by atoms with Crippen LogP contribution in [-0.4, -0.2) is 19.7 Å². The summed E-state index contributed by atoms with van der Waals surface area (Å²) >= 11 is 0. The lowest BCUT2D eigenvalue weighted by atomic mass is 10.1. The first-order valence-electron chi connectivity index (χ1n) is 5.69. The monoisotopic (exact) mass is 237 g/mol. The number of carbonyl (C=O) groups excluding carboxylic acids is 1. The number of carbonyl (C=O) groups is 1. The van der Waals surface area contributed by atoms with E-state index >= 15 is 0 Å². The molecule has 1 aromatic carbocycles. The topological polar surface area (TPSA) is 61.5 Å². The first-order chi connectivity index (χ1) is 8.10. The minimum atomic E-state index is -0.470. The molecule has 0 saturated carbocycles. The summed E-state index contributed by atoms with van der Waals surface area (Å²) in [5.74, 6) is 0.446. The number of hydrogen-bond donors (Lipinski definition) is 1. The second kappa shape index (κ2) is 6.13. The molecule has 2 N–H and O–H groups in total. The Balaban J connectivity index is 2.91. The van der Waals surface area contributed by atoms with E-state index in [4.69, 9.17) is 15.2 Å². The summed E-state index contributed by atoms with van der Waals surface area (Å²) in [5.41, 5.74) is 6.43. The fraction of sp³-hybridized carbons (Fsp3) is 0.462. The molecule has 0 aliphatic heterocycles. The van der Waals surface area contributed by atoms with Gasteiger partial charge >= 0.3 is 5.97 Å². The van der Waals surface area contributed by atoms with Gasteiger partial charge in [0, 0.05) is 5.69 Å². The van der Waals surface area contributed by atoms with Crippen LogP contribution in [0.4, 0.5) is 5.69 Å². The number of methoxy groups -OCH3 is 1. The van der Waals surface area contributed by atoms with Crippen LogP contribution in [0.2, 0.25) is 0 Å². The molecule has 94 valence electrons. The normalized spacial score (nSPS) is 11.9. The van der Waals surface area contributed by atoms with Crippen LogP contribution in [0.1, 0.15) is 30.6 Å². The van der Waals surface area contributed by atoms with Crippen LogP contribution in [-0.2, 0) is 4.74 Å². The Hall–Kier alpha value is -1.71. The third-order valence-corrected chi connectivity index (χ3v) is 2.67. The van der Waals surface area contributed by atoms with Crippen molar-refractivity contribution >= 4 is 11.7 Å². The number of esters is 1. The van der Waals surface area contributed by atoms with E-state index in [0.717, 1.165) is 6.42 Å². The molecule has 1 rings (SSSR count). The zero-order valence-corrected chi connectivity index (χ0v) is 10.5. The SMILES string of the molecule is CCC(C)COc1cccc(N)c1C(=O)OC. The number of rotatable bonds is 5. The van der Waals surface area contributed by atoms with Crippen LogP contribution in [0.15, 0.2) is 18.2 Å². The van der Waals surface area contributed by atoms with Crippen molar-refractivity contribution in [1.82, 2.24) is 0 Å². The van der Waals surface area contributed by atoms with Crippen LogP contribution in [0.3, 0.4) is 0 Å². The smallest absolute Gasteiger partial charge is 0.343 e. The lowest BCUT2D eigenvalue weighted by molar-refractivity contribution is 0.0596. The zero-order chi connectivity index (χ0) is 12.8. The molecule has 0 aromatic heterocycles. The van der Waals surface area contributed by atoms with Gasteiger partial charge < -0.3 is 15.2 Å². The van der Waals surface area contributed by atoms with Crippen LogP contribution in [0, 0.1) is 5.92 Å². The number of anilines is 1. The summed E-state index contributed by atoms with van der Waals surface area (Å²) in [6.45, 7) is 4.74. The molecule has 4 heteroatoms. The molecule has 17 heavy (non-hydrogen) atoms. The van der Waals surface area contributed by atoms with Crippen molar-refractivity contribution in [3.63, 3.8) is 0 Å². The van der Waals surface area contributed by atoms with E-state index in [9.17, 15) is 4.79 Å². The Labute approximate surface area is 102 Å². The average Bonchev–Trinajstić information content (AvgIpc) is 2.35. The highest BCUT2D eigenvalue weighted by Gasteiger charge is 2.16. The third kappa shape index (κ3) is 3.37. The van der Waals surface area contributed by atoms with Crippen LogP contribution in [0.5, 0.6) is 5.75 Å². The fourth-order valence-corrected chi connectivity index (χ4v) is 1.34. The molecule has 1 aromatic rings. The highest BCUT2D eigenvalue weighted by molar-refractivity contribution is 5.98. The van der Waals surface area contributed by atoms with E-state index in [1.165, 1.54) is 7.11 Å². The summed E-state index contributed by atoms with van der Waals surface area (Å²) < 4.78 is 10.3. The van der Waals surface area contributed by atoms with Gasteiger partial charge in [0.15, 0.2) is 0 Å². The maximum atomic E-state index is 11.6. The van der Waals surface area contributed by atoms with Gasteiger partial charge in [0.05, 0.1) is 13.7 Å². The lowest BCUT2D eigenvalue weighted by Crippen LogP contribution is -2.12.